The Bertz CT molecular complexity index is 1230. The molecule has 4 bridgehead atoms. The van der Waals surface area contributed by atoms with Gasteiger partial charge in [-0.15, -0.1) is 4.68 Å². The molecule has 0 N–H and O–H groups in total. The van der Waals surface area contributed by atoms with Crippen LogP contribution in [0.2, 0.25) is 0 Å². The van der Waals surface area contributed by atoms with Crippen molar-refractivity contribution in [2.75, 3.05) is 0 Å². The fourth-order valence-electron chi connectivity index (χ4n) is 7.29. The Morgan fingerprint density at radius 2 is 1.39 bits per heavy atom. The van der Waals surface area contributed by atoms with Gasteiger partial charge in [-0.2, -0.15) is 4.57 Å². The number of nitrogens with zero attached hydrogens (tertiary/aromatic N) is 3. The van der Waals surface area contributed by atoms with Crippen molar-refractivity contribution in [3.05, 3.63) is 79.1 Å². The van der Waals surface area contributed by atoms with E-state index in [0.29, 0.717) is 0 Å². The summed E-state index contributed by atoms with van der Waals surface area (Å²) < 4.78 is 4.73. The average Bonchev–Trinajstić information content (AvgIpc) is 3.25. The van der Waals surface area contributed by atoms with Crippen LogP contribution in [0.5, 0.6) is 0 Å². The minimum Gasteiger partial charge on any atom is -0.196 e. The van der Waals surface area contributed by atoms with Crippen LogP contribution in [0.15, 0.2) is 79.1 Å². The highest BCUT2D eigenvalue weighted by molar-refractivity contribution is 5.88. The second kappa shape index (κ2) is 6.53. The van der Waals surface area contributed by atoms with E-state index in [-0.39, 0.29) is 5.54 Å². The zero-order chi connectivity index (χ0) is 20.4. The Morgan fingerprint density at radius 3 is 2.13 bits per heavy atom. The summed E-state index contributed by atoms with van der Waals surface area (Å²) in [5, 5.41) is 7.88. The van der Waals surface area contributed by atoms with Gasteiger partial charge >= 0.3 is 5.82 Å². The number of hydrogen-bond acceptors (Lipinski definition) is 1. The van der Waals surface area contributed by atoms with Gasteiger partial charge in [0.2, 0.25) is 6.33 Å². The van der Waals surface area contributed by atoms with Crippen LogP contribution in [0.4, 0.5) is 0 Å². The largest absolute Gasteiger partial charge is 0.313 e. The third-order valence-corrected chi connectivity index (χ3v) is 8.21. The number of rotatable bonds is 3. The Balaban J connectivity index is 1.44. The van der Waals surface area contributed by atoms with E-state index in [0.717, 1.165) is 23.6 Å². The Kier molecular flexibility index (Phi) is 3.73. The average molecular weight is 407 g/mol. The van der Waals surface area contributed by atoms with Gasteiger partial charge in [0.05, 0.1) is 5.56 Å². The molecule has 3 aromatic carbocycles. The van der Waals surface area contributed by atoms with E-state index < -0.39 is 0 Å². The Morgan fingerprint density at radius 1 is 0.742 bits per heavy atom. The van der Waals surface area contributed by atoms with Gasteiger partial charge in [0.15, 0.2) is 0 Å². The molecule has 1 heterocycles. The maximum Gasteiger partial charge on any atom is 0.313 e. The standard InChI is InChI=1S/C28H28N3/c1-2-8-24(9-3-1)27-29-31(28-16-20-13-21(17-28)15-22(14-20)18-28)19-30(27)26-12-6-10-23-7-4-5-11-25(23)26/h1-12,19-22H,13-18H2/q+1. The molecular weight excluding hydrogens is 378 g/mol. The molecule has 0 radical (unpaired) electrons. The number of hydrogen-bond donors (Lipinski definition) is 0. The van der Waals surface area contributed by atoms with Crippen molar-refractivity contribution in [3.63, 3.8) is 0 Å². The molecule has 8 rings (SSSR count). The molecule has 154 valence electrons. The van der Waals surface area contributed by atoms with Gasteiger partial charge < -0.3 is 0 Å². The van der Waals surface area contributed by atoms with Crippen molar-refractivity contribution in [2.45, 2.75) is 44.1 Å². The highest BCUT2D eigenvalue weighted by Gasteiger charge is 2.55. The maximum atomic E-state index is 5.33. The molecule has 0 saturated heterocycles. The van der Waals surface area contributed by atoms with Crippen LogP contribution in [0.25, 0.3) is 27.8 Å². The van der Waals surface area contributed by atoms with Gasteiger partial charge in [-0.3, -0.25) is 0 Å². The molecule has 0 atom stereocenters. The van der Waals surface area contributed by atoms with E-state index in [1.54, 1.807) is 0 Å². The summed E-state index contributed by atoms with van der Waals surface area (Å²) >= 11 is 0. The predicted octanol–water partition coefficient (Wildman–Crippen LogP) is 5.91. The van der Waals surface area contributed by atoms with Crippen LogP contribution in [-0.4, -0.2) is 9.78 Å². The zero-order valence-electron chi connectivity index (χ0n) is 17.8. The summed E-state index contributed by atoms with van der Waals surface area (Å²) in [6.07, 6.45) is 10.6. The van der Waals surface area contributed by atoms with Crippen LogP contribution in [0, 0.1) is 17.8 Å². The Hall–Kier alpha value is -2.94. The summed E-state index contributed by atoms with van der Waals surface area (Å²) in [5.41, 5.74) is 2.61. The minimum absolute atomic E-state index is 0.216. The van der Waals surface area contributed by atoms with Crippen molar-refractivity contribution < 1.29 is 4.57 Å². The topological polar surface area (TPSA) is 21.7 Å². The first-order valence-corrected chi connectivity index (χ1v) is 11.8. The molecular formula is C28H28N3+. The molecule has 3 nitrogen and oxygen atoms in total. The van der Waals surface area contributed by atoms with Gasteiger partial charge in [-0.05, 0) is 79.9 Å². The first kappa shape index (κ1) is 17.7. The van der Waals surface area contributed by atoms with E-state index in [4.69, 9.17) is 5.10 Å². The van der Waals surface area contributed by atoms with Gasteiger partial charge in [-0.25, -0.2) is 0 Å². The van der Waals surface area contributed by atoms with Crippen molar-refractivity contribution in [2.24, 2.45) is 17.8 Å². The van der Waals surface area contributed by atoms with E-state index >= 15 is 0 Å². The third-order valence-electron chi connectivity index (χ3n) is 8.21. The van der Waals surface area contributed by atoms with Gasteiger partial charge in [0, 0.05) is 10.5 Å². The summed E-state index contributed by atoms with van der Waals surface area (Å²) in [6.45, 7) is 0. The lowest BCUT2D eigenvalue weighted by molar-refractivity contribution is -0.583. The van der Waals surface area contributed by atoms with Gasteiger partial charge in [-0.1, -0.05) is 54.6 Å². The monoisotopic (exact) mass is 406 g/mol. The maximum absolute atomic E-state index is 5.33. The molecule has 31 heavy (non-hydrogen) atoms. The van der Waals surface area contributed by atoms with E-state index in [1.807, 2.05) is 0 Å². The summed E-state index contributed by atoms with van der Waals surface area (Å²) in [7, 11) is 0. The zero-order valence-corrected chi connectivity index (χ0v) is 17.8. The van der Waals surface area contributed by atoms with Crippen LogP contribution >= 0.6 is 0 Å². The fourth-order valence-corrected chi connectivity index (χ4v) is 7.29. The van der Waals surface area contributed by atoms with Gasteiger partial charge in [0.25, 0.3) is 0 Å². The smallest absolute Gasteiger partial charge is 0.196 e. The van der Waals surface area contributed by atoms with E-state index in [1.165, 1.54) is 60.5 Å². The van der Waals surface area contributed by atoms with Crippen molar-refractivity contribution >= 4 is 10.8 Å². The molecule has 0 spiro atoms. The van der Waals surface area contributed by atoms with Crippen molar-refractivity contribution in [3.8, 4) is 17.1 Å². The Labute approximate surface area is 183 Å². The quantitative estimate of drug-likeness (QED) is 0.388. The van der Waals surface area contributed by atoms with Crippen LogP contribution < -0.4 is 4.57 Å². The lowest BCUT2D eigenvalue weighted by atomic mass is 9.53. The van der Waals surface area contributed by atoms with Crippen LogP contribution in [-0.2, 0) is 5.54 Å². The molecule has 4 fully saturated rings. The fraction of sp³-hybridized carbons (Fsp3) is 0.357. The summed E-state index contributed by atoms with van der Waals surface area (Å²) in [4.78, 5) is 0. The van der Waals surface area contributed by atoms with E-state index in [2.05, 4.69) is 88.4 Å². The molecule has 0 amide bonds. The normalized spacial score (nSPS) is 29.0. The predicted molar refractivity (Wildman–Crippen MR) is 123 cm³/mol. The number of aromatic nitrogens is 3. The summed E-state index contributed by atoms with van der Waals surface area (Å²) in [5.74, 6) is 3.76. The van der Waals surface area contributed by atoms with Crippen LogP contribution in [0.1, 0.15) is 38.5 Å². The highest BCUT2D eigenvalue weighted by Crippen LogP contribution is 2.58. The molecule has 4 aliphatic carbocycles. The van der Waals surface area contributed by atoms with Crippen LogP contribution in [0.3, 0.4) is 0 Å². The molecule has 3 heteroatoms. The second-order valence-corrected chi connectivity index (χ2v) is 10.3. The lowest BCUT2D eigenvalue weighted by Gasteiger charge is -2.54. The highest BCUT2D eigenvalue weighted by atomic mass is 15.4. The molecule has 4 saturated carbocycles. The molecule has 4 aromatic rings. The first-order valence-electron chi connectivity index (χ1n) is 11.8. The minimum atomic E-state index is 0.216. The number of benzene rings is 3. The van der Waals surface area contributed by atoms with Gasteiger partial charge in [0.1, 0.15) is 11.2 Å². The molecule has 0 unspecified atom stereocenters. The number of fused-ring (bicyclic) bond motifs is 1. The SMILES string of the molecule is c1ccc(-c2nn(C34CC5CC(CC(C5)C3)C4)c[n+]2-c2cccc3ccccc23)cc1. The molecule has 4 aliphatic rings. The van der Waals surface area contributed by atoms with Crippen molar-refractivity contribution in [1.29, 1.82) is 0 Å². The summed E-state index contributed by atoms with van der Waals surface area (Å²) in [6, 6.07) is 26.0. The molecule has 1 aromatic heterocycles. The van der Waals surface area contributed by atoms with E-state index in [9.17, 15) is 0 Å². The second-order valence-electron chi connectivity index (χ2n) is 10.3. The molecule has 0 aliphatic heterocycles. The first-order chi connectivity index (χ1) is 15.3. The third kappa shape index (κ3) is 2.72. The van der Waals surface area contributed by atoms with Crippen molar-refractivity contribution in [1.82, 2.24) is 9.78 Å². The lowest BCUT2D eigenvalue weighted by Crippen LogP contribution is -2.52.